The summed E-state index contributed by atoms with van der Waals surface area (Å²) in [6.07, 6.45) is 0.907. The molecule has 0 saturated carbocycles. The summed E-state index contributed by atoms with van der Waals surface area (Å²) in [7, 11) is -2.90. The maximum Gasteiger partial charge on any atom is 0.220 e. The van der Waals surface area contributed by atoms with E-state index in [9.17, 15) is 13.2 Å². The number of halogens is 1. The normalized spacial score (nSPS) is 21.2. The van der Waals surface area contributed by atoms with Crippen LogP contribution in [0.4, 0.5) is 0 Å². The average molecular weight is 346 g/mol. The monoisotopic (exact) mass is 345 g/mol. The number of carbonyl (C=O) groups is 1. The Hall–Kier alpha value is -0.880. The van der Waals surface area contributed by atoms with Crippen molar-refractivity contribution in [2.24, 2.45) is 5.92 Å². The summed E-state index contributed by atoms with van der Waals surface area (Å²) in [5.41, 5.74) is 1.02. The molecular weight excluding hydrogens is 330 g/mol. The van der Waals surface area contributed by atoms with Crippen LogP contribution in [0.15, 0.2) is 28.7 Å². The smallest absolute Gasteiger partial charge is 0.220 e. The summed E-state index contributed by atoms with van der Waals surface area (Å²) < 4.78 is 23.6. The van der Waals surface area contributed by atoms with Crippen molar-refractivity contribution in [3.05, 3.63) is 34.3 Å². The Labute approximate surface area is 121 Å². The van der Waals surface area contributed by atoms with Gasteiger partial charge in [0.2, 0.25) is 5.91 Å². The quantitative estimate of drug-likeness (QED) is 0.906. The topological polar surface area (TPSA) is 63.2 Å². The van der Waals surface area contributed by atoms with Gasteiger partial charge in [0.05, 0.1) is 11.5 Å². The number of hydrogen-bond acceptors (Lipinski definition) is 3. The summed E-state index contributed by atoms with van der Waals surface area (Å²) in [4.78, 5) is 11.7. The van der Waals surface area contributed by atoms with E-state index in [1.165, 1.54) is 0 Å². The number of benzene rings is 1. The van der Waals surface area contributed by atoms with Crippen LogP contribution in [0.25, 0.3) is 0 Å². The lowest BCUT2D eigenvalue weighted by molar-refractivity contribution is -0.122. The molecule has 1 atom stereocenters. The second-order valence-electron chi connectivity index (χ2n) is 4.88. The van der Waals surface area contributed by atoms with Crippen LogP contribution in [0, 0.1) is 5.92 Å². The van der Waals surface area contributed by atoms with Gasteiger partial charge >= 0.3 is 0 Å². The second-order valence-corrected chi connectivity index (χ2v) is 8.02. The van der Waals surface area contributed by atoms with Crippen LogP contribution in [-0.4, -0.2) is 25.8 Å². The van der Waals surface area contributed by atoms with Crippen LogP contribution in [0.3, 0.4) is 0 Å². The van der Waals surface area contributed by atoms with E-state index in [0.717, 1.165) is 10.0 Å². The van der Waals surface area contributed by atoms with Gasteiger partial charge in [-0.05, 0) is 30.0 Å². The summed E-state index contributed by atoms with van der Waals surface area (Å²) in [6.45, 7) is 0.478. The molecule has 1 amide bonds. The second kappa shape index (κ2) is 6.05. The van der Waals surface area contributed by atoms with Crippen molar-refractivity contribution in [3.8, 4) is 0 Å². The van der Waals surface area contributed by atoms with Crippen molar-refractivity contribution in [1.29, 1.82) is 0 Å². The van der Waals surface area contributed by atoms with Gasteiger partial charge in [-0.25, -0.2) is 8.42 Å². The lowest BCUT2D eigenvalue weighted by atomic mass is 10.1. The molecule has 1 aliphatic rings. The Balaban J connectivity index is 1.77. The summed E-state index contributed by atoms with van der Waals surface area (Å²) in [6, 6.07) is 7.71. The summed E-state index contributed by atoms with van der Waals surface area (Å²) in [5.74, 6) is 0.274. The predicted molar refractivity (Wildman–Crippen MR) is 77.4 cm³/mol. The van der Waals surface area contributed by atoms with Crippen molar-refractivity contribution >= 4 is 31.7 Å². The fraction of sp³-hybridized carbons (Fsp3) is 0.462. The molecule has 19 heavy (non-hydrogen) atoms. The maximum absolute atomic E-state index is 11.7. The Morgan fingerprint density at radius 3 is 2.58 bits per heavy atom. The molecule has 1 saturated heterocycles. The first-order valence-electron chi connectivity index (χ1n) is 6.16. The number of hydrogen-bond donors (Lipinski definition) is 1. The van der Waals surface area contributed by atoms with Crippen molar-refractivity contribution in [1.82, 2.24) is 5.32 Å². The molecule has 1 aliphatic heterocycles. The molecule has 1 heterocycles. The maximum atomic E-state index is 11.7. The highest BCUT2D eigenvalue weighted by Crippen LogP contribution is 2.21. The number of carbonyl (C=O) groups excluding carboxylic acids is 1. The molecular formula is C13H16BrNO3S. The summed E-state index contributed by atoms with van der Waals surface area (Å²) >= 11 is 3.35. The molecule has 0 aromatic heterocycles. The molecule has 1 fully saturated rings. The first-order chi connectivity index (χ1) is 8.94. The van der Waals surface area contributed by atoms with Crippen LogP contribution >= 0.6 is 15.9 Å². The van der Waals surface area contributed by atoms with Crippen molar-refractivity contribution < 1.29 is 13.2 Å². The zero-order chi connectivity index (χ0) is 13.9. The molecule has 1 N–H and O–H groups in total. The molecule has 4 nitrogen and oxygen atoms in total. The Morgan fingerprint density at radius 1 is 1.32 bits per heavy atom. The van der Waals surface area contributed by atoms with Crippen LogP contribution < -0.4 is 5.32 Å². The Kier molecular flexibility index (Phi) is 4.62. The van der Waals surface area contributed by atoms with E-state index < -0.39 is 9.84 Å². The van der Waals surface area contributed by atoms with Gasteiger partial charge in [0.1, 0.15) is 0 Å². The van der Waals surface area contributed by atoms with Gasteiger partial charge in [0.25, 0.3) is 0 Å². The van der Waals surface area contributed by atoms with Gasteiger partial charge in [0, 0.05) is 17.4 Å². The molecule has 0 bridgehead atoms. The minimum atomic E-state index is -2.90. The lowest BCUT2D eigenvalue weighted by Gasteiger charge is -2.08. The number of nitrogens with one attached hydrogen (secondary N) is 1. The summed E-state index contributed by atoms with van der Waals surface area (Å²) in [5, 5.41) is 2.82. The van der Waals surface area contributed by atoms with E-state index in [2.05, 4.69) is 21.2 Å². The van der Waals surface area contributed by atoms with Gasteiger partial charge in [-0.1, -0.05) is 28.1 Å². The van der Waals surface area contributed by atoms with Crippen molar-refractivity contribution in [2.45, 2.75) is 19.4 Å². The molecule has 6 heteroatoms. The molecule has 0 radical (unpaired) electrons. The Bertz CT molecular complexity index is 554. The number of rotatable bonds is 4. The molecule has 2 rings (SSSR count). The van der Waals surface area contributed by atoms with E-state index >= 15 is 0 Å². The van der Waals surface area contributed by atoms with Crippen LogP contribution in [0.1, 0.15) is 18.4 Å². The first kappa shape index (κ1) is 14.5. The van der Waals surface area contributed by atoms with Gasteiger partial charge in [-0.2, -0.15) is 0 Å². The Morgan fingerprint density at radius 2 is 2.00 bits per heavy atom. The minimum absolute atomic E-state index is 0.0186. The number of amides is 1. The largest absolute Gasteiger partial charge is 0.352 e. The fourth-order valence-electron chi connectivity index (χ4n) is 2.17. The van der Waals surface area contributed by atoms with E-state index in [1.54, 1.807) is 0 Å². The van der Waals surface area contributed by atoms with Crippen LogP contribution in [0.2, 0.25) is 0 Å². The minimum Gasteiger partial charge on any atom is -0.352 e. The van der Waals surface area contributed by atoms with Gasteiger partial charge < -0.3 is 5.32 Å². The SMILES string of the molecule is O=C(CC1CCS(=O)(=O)C1)NCc1ccc(Br)cc1. The lowest BCUT2D eigenvalue weighted by Crippen LogP contribution is -2.25. The number of sulfone groups is 1. The average Bonchev–Trinajstić information content (AvgIpc) is 2.68. The molecule has 0 aliphatic carbocycles. The van der Waals surface area contributed by atoms with Crippen LogP contribution in [0.5, 0.6) is 0 Å². The molecule has 1 aromatic rings. The molecule has 104 valence electrons. The third-order valence-corrected chi connectivity index (χ3v) is 5.57. The molecule has 1 unspecified atom stereocenters. The third kappa shape index (κ3) is 4.62. The fourth-order valence-corrected chi connectivity index (χ4v) is 4.30. The standard InChI is InChI=1S/C13H16BrNO3S/c14-12-3-1-10(2-4-12)8-15-13(16)7-11-5-6-19(17,18)9-11/h1-4,11H,5-9H2,(H,15,16). The van der Waals surface area contributed by atoms with Crippen molar-refractivity contribution in [2.75, 3.05) is 11.5 Å². The van der Waals surface area contributed by atoms with E-state index in [4.69, 9.17) is 0 Å². The first-order valence-corrected chi connectivity index (χ1v) is 8.77. The van der Waals surface area contributed by atoms with E-state index in [-0.39, 0.29) is 23.3 Å². The van der Waals surface area contributed by atoms with Gasteiger partial charge in [0.15, 0.2) is 9.84 Å². The van der Waals surface area contributed by atoms with Gasteiger partial charge in [-0.3, -0.25) is 4.79 Å². The molecule has 0 spiro atoms. The van der Waals surface area contributed by atoms with Crippen LogP contribution in [-0.2, 0) is 21.2 Å². The highest BCUT2D eigenvalue weighted by Gasteiger charge is 2.29. The third-order valence-electron chi connectivity index (χ3n) is 3.20. The molecule has 1 aromatic carbocycles. The van der Waals surface area contributed by atoms with Gasteiger partial charge in [-0.15, -0.1) is 0 Å². The highest BCUT2D eigenvalue weighted by atomic mass is 79.9. The van der Waals surface area contributed by atoms with Crippen molar-refractivity contribution in [3.63, 3.8) is 0 Å². The highest BCUT2D eigenvalue weighted by molar-refractivity contribution is 9.10. The zero-order valence-corrected chi connectivity index (χ0v) is 12.8. The van der Waals surface area contributed by atoms with E-state index in [1.807, 2.05) is 24.3 Å². The van der Waals surface area contributed by atoms with E-state index in [0.29, 0.717) is 19.4 Å². The zero-order valence-electron chi connectivity index (χ0n) is 10.4. The predicted octanol–water partition coefficient (Wildman–Crippen LogP) is 1.89.